The van der Waals surface area contributed by atoms with Crippen molar-refractivity contribution in [2.75, 3.05) is 0 Å². The van der Waals surface area contributed by atoms with Gasteiger partial charge in [-0.25, -0.2) is 4.79 Å². The van der Waals surface area contributed by atoms with Crippen LogP contribution >= 0.6 is 0 Å². The first-order chi connectivity index (χ1) is 17.6. The molecule has 0 bridgehead atoms. The van der Waals surface area contributed by atoms with Crippen LogP contribution in [-0.4, -0.2) is 62.6 Å². The molecule has 10 atom stereocenters. The number of ketones is 1. The normalized spacial score (nSPS) is 47.0. The maximum Gasteiger partial charge on any atom is 0.333 e. The average Bonchev–Trinajstić information content (AvgIpc) is 3.07. The van der Waals surface area contributed by atoms with Crippen LogP contribution in [0, 0.1) is 28.6 Å². The molecule has 0 radical (unpaired) electrons. The van der Waals surface area contributed by atoms with Gasteiger partial charge in [-0.3, -0.25) is 9.59 Å². The summed E-state index contributed by atoms with van der Waals surface area (Å²) in [6.45, 7) is 10.6. The van der Waals surface area contributed by atoms with E-state index in [1.807, 2.05) is 20.8 Å². The molecule has 0 unspecified atom stereocenters. The highest BCUT2D eigenvalue weighted by atomic mass is 16.6. The molecule has 1 aliphatic heterocycles. The number of hydrogen-bond donors (Lipinski definition) is 3. The second-order valence-electron chi connectivity index (χ2n) is 12.8. The van der Waals surface area contributed by atoms with E-state index in [4.69, 9.17) is 9.47 Å². The SMILES string of the molecule is CC(=O)O[C@H]1C=C([C@H](C)[C@H]2CC(C)=C(C)C(=O)O2)[C@@]2(C)CC[C@@H]3[C@H](C[C@@H](O)[C@@]4(O)CC=CC(=O)[C@]34C)[C@]12O. The summed E-state index contributed by atoms with van der Waals surface area (Å²) in [5.41, 5.74) is -3.01. The van der Waals surface area contributed by atoms with Gasteiger partial charge in [-0.15, -0.1) is 0 Å². The molecule has 5 aliphatic rings. The van der Waals surface area contributed by atoms with Crippen LogP contribution in [0.25, 0.3) is 0 Å². The summed E-state index contributed by atoms with van der Waals surface area (Å²) in [5.74, 6) is -2.49. The van der Waals surface area contributed by atoms with Crippen molar-refractivity contribution in [3.63, 3.8) is 0 Å². The minimum atomic E-state index is -1.64. The van der Waals surface area contributed by atoms with Crippen molar-refractivity contribution in [2.45, 2.75) is 103 Å². The Labute approximate surface area is 223 Å². The highest BCUT2D eigenvalue weighted by molar-refractivity contribution is 5.97. The first-order valence-corrected chi connectivity index (χ1v) is 13.7. The Bertz CT molecular complexity index is 1180. The predicted octanol–water partition coefficient (Wildman–Crippen LogP) is 2.94. The number of carbonyl (C=O) groups is 3. The van der Waals surface area contributed by atoms with Crippen LogP contribution in [0.2, 0.25) is 0 Å². The van der Waals surface area contributed by atoms with E-state index in [-0.39, 0.29) is 30.5 Å². The summed E-state index contributed by atoms with van der Waals surface area (Å²) in [6.07, 6.45) is 4.00. The topological polar surface area (TPSA) is 130 Å². The zero-order valence-corrected chi connectivity index (χ0v) is 23.1. The first-order valence-electron chi connectivity index (χ1n) is 13.7. The van der Waals surface area contributed by atoms with Crippen molar-refractivity contribution >= 4 is 17.7 Å². The summed E-state index contributed by atoms with van der Waals surface area (Å²) in [4.78, 5) is 38.1. The van der Waals surface area contributed by atoms with Crippen molar-refractivity contribution in [1.82, 2.24) is 0 Å². The Morgan fingerprint density at radius 2 is 1.87 bits per heavy atom. The Morgan fingerprint density at radius 1 is 1.18 bits per heavy atom. The molecule has 38 heavy (non-hydrogen) atoms. The van der Waals surface area contributed by atoms with Gasteiger partial charge in [-0.1, -0.05) is 31.1 Å². The lowest BCUT2D eigenvalue weighted by atomic mass is 9.41. The van der Waals surface area contributed by atoms with Crippen LogP contribution in [0.15, 0.2) is 34.9 Å². The molecule has 0 aromatic carbocycles. The number of rotatable bonds is 3. The van der Waals surface area contributed by atoms with Crippen molar-refractivity contribution in [1.29, 1.82) is 0 Å². The quantitative estimate of drug-likeness (QED) is 0.377. The zero-order chi connectivity index (χ0) is 28.0. The maximum absolute atomic E-state index is 13.4. The van der Waals surface area contributed by atoms with Gasteiger partial charge in [-0.05, 0) is 70.4 Å². The standard InChI is InChI=1S/C30H40O8/c1-15-12-22(38-26(34)16(15)2)17(3)20-14-25(37-18(4)31)30(36)21-13-24(33)29(35)10-7-8-23(32)28(29,6)19(21)9-11-27(20,30)5/h7-8,14,17,19,21-22,24-25,33,35-36H,9-13H2,1-6H3/t17-,19+,21-,22+,24+,25-,27+,28-,29-,30-/m0/s1. The van der Waals surface area contributed by atoms with Crippen molar-refractivity contribution in [3.05, 3.63) is 34.9 Å². The van der Waals surface area contributed by atoms with E-state index in [1.165, 1.54) is 13.0 Å². The molecule has 4 aliphatic carbocycles. The van der Waals surface area contributed by atoms with Crippen LogP contribution in [-0.2, 0) is 23.9 Å². The Kier molecular flexibility index (Phi) is 6.18. The number of allylic oxidation sites excluding steroid dienone is 1. The molecular weight excluding hydrogens is 488 g/mol. The summed E-state index contributed by atoms with van der Waals surface area (Å²) < 4.78 is 11.6. The van der Waals surface area contributed by atoms with E-state index in [9.17, 15) is 29.7 Å². The lowest BCUT2D eigenvalue weighted by molar-refractivity contribution is -0.273. The zero-order valence-electron chi connectivity index (χ0n) is 23.1. The number of cyclic esters (lactones) is 1. The summed E-state index contributed by atoms with van der Waals surface area (Å²) in [5, 5.41) is 35.7. The minimum absolute atomic E-state index is 0.0662. The second kappa shape index (κ2) is 8.60. The third kappa shape index (κ3) is 3.29. The van der Waals surface area contributed by atoms with Gasteiger partial charge in [0, 0.05) is 30.3 Å². The fraction of sp³-hybridized carbons (Fsp3) is 0.700. The van der Waals surface area contributed by atoms with Crippen LogP contribution in [0.4, 0.5) is 0 Å². The molecule has 0 aromatic rings. The number of hydrogen-bond acceptors (Lipinski definition) is 8. The Hall–Kier alpha value is -2.29. The van der Waals surface area contributed by atoms with Gasteiger partial charge in [-0.2, -0.15) is 0 Å². The van der Waals surface area contributed by atoms with E-state index in [1.54, 1.807) is 26.0 Å². The van der Waals surface area contributed by atoms with Crippen LogP contribution < -0.4 is 0 Å². The average molecular weight is 529 g/mol. The molecule has 3 N–H and O–H groups in total. The number of aliphatic hydroxyl groups is 3. The Morgan fingerprint density at radius 3 is 2.50 bits per heavy atom. The lowest BCUT2D eigenvalue weighted by Crippen LogP contribution is -2.74. The molecule has 0 saturated heterocycles. The molecule has 8 nitrogen and oxygen atoms in total. The number of carbonyl (C=O) groups excluding carboxylic acids is 3. The van der Waals surface area contributed by atoms with Crippen molar-refractivity contribution in [2.24, 2.45) is 28.6 Å². The molecule has 2 fully saturated rings. The van der Waals surface area contributed by atoms with E-state index in [0.29, 0.717) is 24.8 Å². The van der Waals surface area contributed by atoms with Crippen molar-refractivity contribution in [3.8, 4) is 0 Å². The van der Waals surface area contributed by atoms with E-state index >= 15 is 0 Å². The molecule has 2 saturated carbocycles. The van der Waals surface area contributed by atoms with Crippen LogP contribution in [0.5, 0.6) is 0 Å². The fourth-order valence-corrected chi connectivity index (χ4v) is 8.67. The molecule has 1 heterocycles. The van der Waals surface area contributed by atoms with Gasteiger partial charge < -0.3 is 24.8 Å². The summed E-state index contributed by atoms with van der Waals surface area (Å²) in [6, 6.07) is 0. The first kappa shape index (κ1) is 27.3. The Balaban J connectivity index is 1.59. The largest absolute Gasteiger partial charge is 0.458 e. The highest BCUT2D eigenvalue weighted by Gasteiger charge is 2.74. The minimum Gasteiger partial charge on any atom is -0.458 e. The number of fused-ring (bicyclic) bond motifs is 5. The molecule has 208 valence electrons. The summed E-state index contributed by atoms with van der Waals surface area (Å²) >= 11 is 0. The van der Waals surface area contributed by atoms with E-state index < -0.39 is 58.1 Å². The van der Waals surface area contributed by atoms with Crippen molar-refractivity contribution < 1.29 is 39.2 Å². The second-order valence-corrected chi connectivity index (χ2v) is 12.8. The lowest BCUT2D eigenvalue weighted by Gasteiger charge is -2.65. The van der Waals surface area contributed by atoms with Gasteiger partial charge in [0.05, 0.1) is 11.5 Å². The number of esters is 2. The molecule has 0 aromatic heterocycles. The van der Waals surface area contributed by atoms with Gasteiger partial charge in [0.1, 0.15) is 23.4 Å². The van der Waals surface area contributed by atoms with Gasteiger partial charge in [0.15, 0.2) is 5.78 Å². The van der Waals surface area contributed by atoms with Gasteiger partial charge in [0.25, 0.3) is 0 Å². The third-order valence-electron chi connectivity index (χ3n) is 11.2. The third-order valence-corrected chi connectivity index (χ3v) is 11.2. The smallest absolute Gasteiger partial charge is 0.333 e. The van der Waals surface area contributed by atoms with Gasteiger partial charge in [0.2, 0.25) is 0 Å². The maximum atomic E-state index is 13.4. The molecule has 0 spiro atoms. The molecule has 0 amide bonds. The van der Waals surface area contributed by atoms with Gasteiger partial charge >= 0.3 is 11.9 Å². The van der Waals surface area contributed by atoms with Crippen LogP contribution in [0.1, 0.15) is 73.6 Å². The number of ether oxygens (including phenoxy) is 2. The summed E-state index contributed by atoms with van der Waals surface area (Å²) in [7, 11) is 0. The highest BCUT2D eigenvalue weighted by Crippen LogP contribution is 2.69. The fourth-order valence-electron chi connectivity index (χ4n) is 8.67. The monoisotopic (exact) mass is 528 g/mol. The molecular formula is C30H40O8. The molecule has 8 heteroatoms. The van der Waals surface area contributed by atoms with Crippen LogP contribution in [0.3, 0.4) is 0 Å². The van der Waals surface area contributed by atoms with E-state index in [0.717, 1.165) is 11.1 Å². The van der Waals surface area contributed by atoms with E-state index in [2.05, 4.69) is 0 Å². The molecule has 5 rings (SSSR count). The number of aliphatic hydroxyl groups excluding tert-OH is 1. The predicted molar refractivity (Wildman–Crippen MR) is 137 cm³/mol.